The van der Waals surface area contributed by atoms with Crippen LogP contribution in [0.1, 0.15) is 30.1 Å². The fourth-order valence-electron chi connectivity index (χ4n) is 1.61. The molecule has 1 aromatic rings. The van der Waals surface area contributed by atoms with E-state index in [-0.39, 0.29) is 5.91 Å². The van der Waals surface area contributed by atoms with Crippen LogP contribution in [0.25, 0.3) is 0 Å². The highest BCUT2D eigenvalue weighted by Crippen LogP contribution is 2.21. The number of alkyl halides is 1. The van der Waals surface area contributed by atoms with E-state index in [4.69, 9.17) is 23.2 Å². The van der Waals surface area contributed by atoms with Crippen LogP contribution in [0.4, 0.5) is 0 Å². The van der Waals surface area contributed by atoms with Crippen LogP contribution in [-0.4, -0.2) is 17.8 Å². The second-order valence-corrected chi connectivity index (χ2v) is 5.72. The third-order valence-corrected chi connectivity index (χ3v) is 3.83. The molecule has 0 aliphatic carbocycles. The summed E-state index contributed by atoms with van der Waals surface area (Å²) in [6.45, 7) is 2.79. The Morgan fingerprint density at radius 3 is 2.72 bits per heavy atom. The highest BCUT2D eigenvalue weighted by Gasteiger charge is 2.12. The SMILES string of the molecule is CCC(CCBr)CNC(=O)c1ccc(Cl)cc1Cl. The molecule has 0 aliphatic rings. The van der Waals surface area contributed by atoms with Gasteiger partial charge in [-0.05, 0) is 30.5 Å². The maximum absolute atomic E-state index is 12.0. The maximum Gasteiger partial charge on any atom is 0.252 e. The van der Waals surface area contributed by atoms with Crippen molar-refractivity contribution in [2.24, 2.45) is 5.92 Å². The number of carbonyl (C=O) groups excluding carboxylic acids is 1. The van der Waals surface area contributed by atoms with Crippen molar-refractivity contribution in [1.29, 1.82) is 0 Å². The van der Waals surface area contributed by atoms with E-state index in [1.54, 1.807) is 18.2 Å². The van der Waals surface area contributed by atoms with Crippen molar-refractivity contribution < 1.29 is 4.79 Å². The standard InChI is InChI=1S/C13H16BrCl2NO/c1-2-9(5-6-14)8-17-13(18)11-4-3-10(15)7-12(11)16/h3-4,7,9H,2,5-6,8H2,1H3,(H,17,18). The van der Waals surface area contributed by atoms with Crippen molar-refractivity contribution in [2.75, 3.05) is 11.9 Å². The molecule has 18 heavy (non-hydrogen) atoms. The lowest BCUT2D eigenvalue weighted by atomic mass is 10.0. The van der Waals surface area contributed by atoms with E-state index >= 15 is 0 Å². The van der Waals surface area contributed by atoms with E-state index in [2.05, 4.69) is 28.2 Å². The fraction of sp³-hybridized carbons (Fsp3) is 0.462. The molecule has 1 N–H and O–H groups in total. The van der Waals surface area contributed by atoms with E-state index in [0.717, 1.165) is 18.2 Å². The molecule has 1 unspecified atom stereocenters. The van der Waals surface area contributed by atoms with Gasteiger partial charge in [-0.25, -0.2) is 0 Å². The summed E-state index contributed by atoms with van der Waals surface area (Å²) in [5.74, 6) is 0.337. The summed E-state index contributed by atoms with van der Waals surface area (Å²) in [4.78, 5) is 12.0. The lowest BCUT2D eigenvalue weighted by molar-refractivity contribution is 0.0946. The van der Waals surface area contributed by atoms with Crippen LogP contribution in [0.15, 0.2) is 18.2 Å². The average molecular weight is 353 g/mol. The summed E-state index contributed by atoms with van der Waals surface area (Å²) >= 11 is 15.2. The minimum Gasteiger partial charge on any atom is -0.352 e. The normalized spacial score (nSPS) is 12.2. The van der Waals surface area contributed by atoms with Gasteiger partial charge in [-0.2, -0.15) is 0 Å². The van der Waals surface area contributed by atoms with Gasteiger partial charge < -0.3 is 5.32 Å². The van der Waals surface area contributed by atoms with Crippen molar-refractivity contribution in [3.8, 4) is 0 Å². The van der Waals surface area contributed by atoms with E-state index in [1.807, 2.05) is 0 Å². The Labute approximate surface area is 126 Å². The van der Waals surface area contributed by atoms with Crippen LogP contribution in [0.5, 0.6) is 0 Å². The molecule has 2 nitrogen and oxygen atoms in total. The molecule has 0 saturated heterocycles. The second kappa shape index (κ2) is 8.03. The molecule has 0 fully saturated rings. The molecular formula is C13H16BrCl2NO. The van der Waals surface area contributed by atoms with Crippen LogP contribution < -0.4 is 5.32 Å². The van der Waals surface area contributed by atoms with Crippen LogP contribution in [0, 0.1) is 5.92 Å². The predicted molar refractivity (Wildman–Crippen MR) is 81.0 cm³/mol. The topological polar surface area (TPSA) is 29.1 Å². The Balaban J connectivity index is 2.59. The molecule has 1 atom stereocenters. The molecule has 100 valence electrons. The number of nitrogens with one attached hydrogen (secondary N) is 1. The van der Waals surface area contributed by atoms with E-state index < -0.39 is 0 Å². The van der Waals surface area contributed by atoms with E-state index in [0.29, 0.717) is 28.1 Å². The summed E-state index contributed by atoms with van der Waals surface area (Å²) in [7, 11) is 0. The van der Waals surface area contributed by atoms with Gasteiger partial charge in [-0.15, -0.1) is 0 Å². The third kappa shape index (κ3) is 4.79. The molecule has 0 saturated carbocycles. The van der Waals surface area contributed by atoms with Gasteiger partial charge in [0.1, 0.15) is 0 Å². The minimum absolute atomic E-state index is 0.148. The molecule has 5 heteroatoms. The monoisotopic (exact) mass is 351 g/mol. The Kier molecular flexibility index (Phi) is 7.05. The molecule has 0 aliphatic heterocycles. The number of benzene rings is 1. The van der Waals surface area contributed by atoms with Crippen molar-refractivity contribution in [2.45, 2.75) is 19.8 Å². The van der Waals surface area contributed by atoms with Gasteiger partial charge in [0, 0.05) is 16.9 Å². The molecule has 1 rings (SSSR count). The highest BCUT2D eigenvalue weighted by molar-refractivity contribution is 9.09. The van der Waals surface area contributed by atoms with Gasteiger partial charge in [-0.1, -0.05) is 52.5 Å². The first-order valence-electron chi connectivity index (χ1n) is 5.87. The van der Waals surface area contributed by atoms with Gasteiger partial charge in [-0.3, -0.25) is 4.79 Å². The fourth-order valence-corrected chi connectivity index (χ4v) is 2.75. The first-order chi connectivity index (χ1) is 8.58. The van der Waals surface area contributed by atoms with Gasteiger partial charge in [0.2, 0.25) is 0 Å². The molecule has 0 aromatic heterocycles. The smallest absolute Gasteiger partial charge is 0.252 e. The Morgan fingerprint density at radius 1 is 1.44 bits per heavy atom. The molecule has 0 spiro atoms. The molecule has 0 radical (unpaired) electrons. The maximum atomic E-state index is 12.0. The van der Waals surface area contributed by atoms with Crippen LogP contribution in [-0.2, 0) is 0 Å². The average Bonchev–Trinajstić information content (AvgIpc) is 2.34. The van der Waals surface area contributed by atoms with Crippen molar-refractivity contribution >= 4 is 45.0 Å². The first kappa shape index (κ1) is 15.8. The number of hydrogen-bond acceptors (Lipinski definition) is 1. The Morgan fingerprint density at radius 2 is 2.17 bits per heavy atom. The summed E-state index contributed by atoms with van der Waals surface area (Å²) in [6.07, 6.45) is 2.09. The van der Waals surface area contributed by atoms with Crippen LogP contribution in [0.3, 0.4) is 0 Å². The summed E-state index contributed by atoms with van der Waals surface area (Å²) in [6, 6.07) is 4.89. The number of amides is 1. The van der Waals surface area contributed by atoms with E-state index in [9.17, 15) is 4.79 Å². The van der Waals surface area contributed by atoms with Crippen LogP contribution >= 0.6 is 39.1 Å². The number of hydrogen-bond donors (Lipinski definition) is 1. The van der Waals surface area contributed by atoms with Crippen molar-refractivity contribution in [3.05, 3.63) is 33.8 Å². The number of carbonyl (C=O) groups is 1. The van der Waals surface area contributed by atoms with E-state index in [1.165, 1.54) is 0 Å². The van der Waals surface area contributed by atoms with Gasteiger partial charge in [0.25, 0.3) is 5.91 Å². The Hall–Kier alpha value is -0.250. The zero-order valence-electron chi connectivity index (χ0n) is 10.2. The largest absolute Gasteiger partial charge is 0.352 e. The minimum atomic E-state index is -0.148. The lowest BCUT2D eigenvalue weighted by Gasteiger charge is -2.14. The van der Waals surface area contributed by atoms with Gasteiger partial charge in [0.15, 0.2) is 0 Å². The molecule has 1 aromatic carbocycles. The predicted octanol–water partition coefficient (Wildman–Crippen LogP) is 4.53. The van der Waals surface area contributed by atoms with Crippen LogP contribution in [0.2, 0.25) is 10.0 Å². The van der Waals surface area contributed by atoms with Crippen molar-refractivity contribution in [1.82, 2.24) is 5.32 Å². The highest BCUT2D eigenvalue weighted by atomic mass is 79.9. The molecule has 0 heterocycles. The first-order valence-corrected chi connectivity index (χ1v) is 7.75. The summed E-state index contributed by atoms with van der Waals surface area (Å²) in [5, 5.41) is 4.77. The number of halogens is 3. The molecule has 1 amide bonds. The molecule has 0 bridgehead atoms. The molecular weight excluding hydrogens is 337 g/mol. The zero-order valence-corrected chi connectivity index (χ0v) is 13.3. The third-order valence-electron chi connectivity index (χ3n) is 2.82. The second-order valence-electron chi connectivity index (χ2n) is 4.09. The zero-order chi connectivity index (χ0) is 13.5. The van der Waals surface area contributed by atoms with Crippen molar-refractivity contribution in [3.63, 3.8) is 0 Å². The summed E-state index contributed by atoms with van der Waals surface area (Å²) < 4.78 is 0. The summed E-state index contributed by atoms with van der Waals surface area (Å²) in [5.41, 5.74) is 0.467. The van der Waals surface area contributed by atoms with Gasteiger partial charge in [0.05, 0.1) is 10.6 Å². The lowest BCUT2D eigenvalue weighted by Crippen LogP contribution is -2.29. The Bertz CT molecular complexity index is 412. The number of rotatable bonds is 6. The van der Waals surface area contributed by atoms with Gasteiger partial charge >= 0.3 is 0 Å². The quantitative estimate of drug-likeness (QED) is 0.748.